The van der Waals surface area contributed by atoms with Gasteiger partial charge in [-0.2, -0.15) is 5.10 Å². The Kier molecular flexibility index (Phi) is 5.56. The normalized spacial score (nSPS) is 14.5. The van der Waals surface area contributed by atoms with E-state index in [1.165, 1.54) is 4.68 Å². The van der Waals surface area contributed by atoms with Crippen molar-refractivity contribution in [2.24, 2.45) is 0 Å². The number of anilines is 1. The first kappa shape index (κ1) is 20.8. The molecule has 33 heavy (non-hydrogen) atoms. The number of fused-ring (bicyclic) bond motifs is 1. The van der Waals surface area contributed by atoms with E-state index in [-0.39, 0.29) is 29.9 Å². The fourth-order valence-corrected chi connectivity index (χ4v) is 4.42. The Bertz CT molecular complexity index is 1360. The minimum Gasteiger partial charge on any atom is -0.368 e. The standard InChI is InChI=1S/C25H24N6O2/c26-25-27-13-10-21(28-25)17-11-14-30(15-12-17)22(32)16-31-24(33)20-9-5-4-8-19(20)23(29-31)18-6-2-1-3-7-18/h1-10,13,17H,11-12,14-16H2,(H2,26,27,28). The predicted molar refractivity (Wildman–Crippen MR) is 126 cm³/mol. The summed E-state index contributed by atoms with van der Waals surface area (Å²) in [6, 6.07) is 19.0. The first-order valence-corrected chi connectivity index (χ1v) is 11.0. The number of rotatable bonds is 4. The highest BCUT2D eigenvalue weighted by atomic mass is 16.2. The lowest BCUT2D eigenvalue weighted by Crippen LogP contribution is -2.41. The van der Waals surface area contributed by atoms with Crippen molar-refractivity contribution >= 4 is 22.6 Å². The Hall–Kier alpha value is -4.07. The van der Waals surface area contributed by atoms with Gasteiger partial charge in [-0.3, -0.25) is 9.59 Å². The van der Waals surface area contributed by atoms with E-state index < -0.39 is 0 Å². The number of aromatic nitrogens is 4. The van der Waals surface area contributed by atoms with E-state index in [1.54, 1.807) is 17.2 Å². The van der Waals surface area contributed by atoms with Gasteiger partial charge in [0, 0.05) is 41.8 Å². The highest BCUT2D eigenvalue weighted by molar-refractivity contribution is 5.93. The van der Waals surface area contributed by atoms with Crippen LogP contribution >= 0.6 is 0 Å². The molecule has 0 atom stereocenters. The summed E-state index contributed by atoms with van der Waals surface area (Å²) in [6.45, 7) is 1.11. The molecule has 0 spiro atoms. The van der Waals surface area contributed by atoms with Crippen LogP contribution < -0.4 is 11.3 Å². The van der Waals surface area contributed by atoms with Crippen LogP contribution in [0.15, 0.2) is 71.7 Å². The van der Waals surface area contributed by atoms with E-state index in [1.807, 2.05) is 54.6 Å². The van der Waals surface area contributed by atoms with Gasteiger partial charge in [0.25, 0.3) is 5.56 Å². The molecular formula is C25H24N6O2. The fraction of sp³-hybridized carbons (Fsp3) is 0.240. The number of carbonyl (C=O) groups is 1. The number of nitrogens with zero attached hydrogens (tertiary/aromatic N) is 5. The van der Waals surface area contributed by atoms with Crippen LogP contribution in [0.3, 0.4) is 0 Å². The second-order valence-corrected chi connectivity index (χ2v) is 8.22. The molecule has 2 N–H and O–H groups in total. The topological polar surface area (TPSA) is 107 Å². The van der Waals surface area contributed by atoms with Crippen molar-refractivity contribution in [1.82, 2.24) is 24.6 Å². The zero-order chi connectivity index (χ0) is 22.8. The van der Waals surface area contributed by atoms with E-state index >= 15 is 0 Å². The summed E-state index contributed by atoms with van der Waals surface area (Å²) in [6.07, 6.45) is 3.24. The Morgan fingerprint density at radius 3 is 2.39 bits per heavy atom. The molecule has 5 rings (SSSR count). The number of piperidine rings is 1. The summed E-state index contributed by atoms with van der Waals surface area (Å²) < 4.78 is 1.30. The molecule has 1 amide bonds. The lowest BCUT2D eigenvalue weighted by Gasteiger charge is -2.31. The van der Waals surface area contributed by atoms with Crippen molar-refractivity contribution < 1.29 is 4.79 Å². The van der Waals surface area contributed by atoms with Crippen LogP contribution in [0.5, 0.6) is 0 Å². The van der Waals surface area contributed by atoms with Crippen molar-refractivity contribution in [3.05, 3.63) is 82.9 Å². The summed E-state index contributed by atoms with van der Waals surface area (Å²) in [5.41, 5.74) is 7.96. The molecule has 1 saturated heterocycles. The molecule has 166 valence electrons. The van der Waals surface area contributed by atoms with Gasteiger partial charge in [0.15, 0.2) is 0 Å². The molecule has 0 saturated carbocycles. The molecule has 2 aromatic carbocycles. The van der Waals surface area contributed by atoms with Crippen molar-refractivity contribution in [2.45, 2.75) is 25.3 Å². The van der Waals surface area contributed by atoms with Gasteiger partial charge in [-0.25, -0.2) is 14.6 Å². The number of carbonyl (C=O) groups excluding carboxylic acids is 1. The third kappa shape index (κ3) is 4.19. The van der Waals surface area contributed by atoms with E-state index in [9.17, 15) is 9.59 Å². The molecule has 0 radical (unpaired) electrons. The molecule has 1 aliphatic heterocycles. The molecular weight excluding hydrogens is 416 g/mol. The third-order valence-corrected chi connectivity index (χ3v) is 6.16. The smallest absolute Gasteiger partial charge is 0.275 e. The summed E-state index contributed by atoms with van der Waals surface area (Å²) in [7, 11) is 0. The SMILES string of the molecule is Nc1nccc(C2CCN(C(=O)Cn3nc(-c4ccccc4)c4ccccc4c3=O)CC2)n1. The minimum atomic E-state index is -0.259. The van der Waals surface area contributed by atoms with E-state index in [4.69, 9.17) is 5.73 Å². The molecule has 2 aromatic heterocycles. The van der Waals surface area contributed by atoms with E-state index in [0.717, 1.165) is 29.5 Å². The maximum atomic E-state index is 13.1. The molecule has 0 aliphatic carbocycles. The average Bonchev–Trinajstić information content (AvgIpc) is 2.86. The average molecular weight is 441 g/mol. The molecule has 4 aromatic rings. The van der Waals surface area contributed by atoms with Crippen molar-refractivity contribution in [3.8, 4) is 11.3 Å². The van der Waals surface area contributed by atoms with Crippen LogP contribution in [0.25, 0.3) is 22.0 Å². The lowest BCUT2D eigenvalue weighted by atomic mass is 9.93. The number of likely N-dealkylation sites (tertiary alicyclic amines) is 1. The second-order valence-electron chi connectivity index (χ2n) is 8.22. The van der Waals surface area contributed by atoms with Gasteiger partial charge >= 0.3 is 0 Å². The highest BCUT2D eigenvalue weighted by Crippen LogP contribution is 2.27. The second kappa shape index (κ2) is 8.82. The molecule has 0 unspecified atom stereocenters. The zero-order valence-corrected chi connectivity index (χ0v) is 18.1. The van der Waals surface area contributed by atoms with Crippen LogP contribution in [0.4, 0.5) is 5.95 Å². The summed E-state index contributed by atoms with van der Waals surface area (Å²) >= 11 is 0. The number of hydrogen-bond donors (Lipinski definition) is 1. The monoisotopic (exact) mass is 440 g/mol. The number of amides is 1. The first-order chi connectivity index (χ1) is 16.1. The largest absolute Gasteiger partial charge is 0.368 e. The quantitative estimate of drug-likeness (QED) is 0.523. The molecule has 0 bridgehead atoms. The van der Waals surface area contributed by atoms with Gasteiger partial charge < -0.3 is 10.6 Å². The van der Waals surface area contributed by atoms with Crippen LogP contribution in [-0.4, -0.2) is 43.6 Å². The van der Waals surface area contributed by atoms with E-state index in [0.29, 0.717) is 24.2 Å². The molecule has 1 aliphatic rings. The Morgan fingerprint density at radius 1 is 0.970 bits per heavy atom. The van der Waals surface area contributed by atoms with E-state index in [2.05, 4.69) is 15.1 Å². The van der Waals surface area contributed by atoms with Crippen molar-refractivity contribution in [3.63, 3.8) is 0 Å². The van der Waals surface area contributed by atoms with Crippen LogP contribution in [0.2, 0.25) is 0 Å². The van der Waals surface area contributed by atoms with Gasteiger partial charge in [0.1, 0.15) is 6.54 Å². The molecule has 8 nitrogen and oxygen atoms in total. The van der Waals surface area contributed by atoms with Crippen LogP contribution in [0.1, 0.15) is 24.5 Å². The first-order valence-electron chi connectivity index (χ1n) is 11.0. The third-order valence-electron chi connectivity index (χ3n) is 6.16. The maximum absolute atomic E-state index is 13.1. The van der Waals surface area contributed by atoms with Crippen molar-refractivity contribution in [2.75, 3.05) is 18.8 Å². The van der Waals surface area contributed by atoms with Gasteiger partial charge in [0.05, 0.1) is 11.1 Å². The Morgan fingerprint density at radius 2 is 1.67 bits per heavy atom. The Labute approximate surface area is 190 Å². The van der Waals surface area contributed by atoms with Gasteiger partial charge in [0.2, 0.25) is 11.9 Å². The van der Waals surface area contributed by atoms with Crippen molar-refractivity contribution in [1.29, 1.82) is 0 Å². The predicted octanol–water partition coefficient (Wildman–Crippen LogP) is 2.84. The number of hydrogen-bond acceptors (Lipinski definition) is 6. The summed E-state index contributed by atoms with van der Waals surface area (Å²) in [5.74, 6) is 0.395. The number of nitrogens with two attached hydrogens (primary N) is 1. The molecule has 3 heterocycles. The fourth-order valence-electron chi connectivity index (χ4n) is 4.42. The van der Waals surface area contributed by atoms with Gasteiger partial charge in [-0.05, 0) is 25.0 Å². The zero-order valence-electron chi connectivity index (χ0n) is 18.1. The molecule has 1 fully saturated rings. The Balaban J connectivity index is 1.38. The van der Waals surface area contributed by atoms with Crippen LogP contribution in [0, 0.1) is 0 Å². The number of benzene rings is 2. The van der Waals surface area contributed by atoms with Gasteiger partial charge in [-0.15, -0.1) is 0 Å². The minimum absolute atomic E-state index is 0.0887. The maximum Gasteiger partial charge on any atom is 0.275 e. The highest BCUT2D eigenvalue weighted by Gasteiger charge is 2.25. The van der Waals surface area contributed by atoms with Gasteiger partial charge in [-0.1, -0.05) is 48.5 Å². The lowest BCUT2D eigenvalue weighted by molar-refractivity contribution is -0.133. The molecule has 8 heteroatoms. The number of nitrogen functional groups attached to an aromatic ring is 1. The summed E-state index contributed by atoms with van der Waals surface area (Å²) in [4.78, 5) is 36.3. The summed E-state index contributed by atoms with van der Waals surface area (Å²) in [5, 5.41) is 5.94. The van der Waals surface area contributed by atoms with Crippen LogP contribution in [-0.2, 0) is 11.3 Å².